The number of carbonyl (C=O) groups is 1. The van der Waals surface area contributed by atoms with Crippen molar-refractivity contribution in [1.29, 1.82) is 0 Å². The van der Waals surface area contributed by atoms with Crippen LogP contribution in [-0.4, -0.2) is 52.6 Å². The van der Waals surface area contributed by atoms with Crippen molar-refractivity contribution in [2.75, 3.05) is 26.2 Å². The lowest BCUT2D eigenvalue weighted by Gasteiger charge is -2.44. The molecule has 2 saturated heterocycles. The summed E-state index contributed by atoms with van der Waals surface area (Å²) in [4.78, 5) is 16.9. The maximum absolute atomic E-state index is 14.5. The van der Waals surface area contributed by atoms with Gasteiger partial charge in [0.25, 0.3) is 0 Å². The van der Waals surface area contributed by atoms with Crippen LogP contribution in [0.3, 0.4) is 0 Å². The average Bonchev–Trinajstić information content (AvgIpc) is 2.96. The van der Waals surface area contributed by atoms with E-state index in [0.29, 0.717) is 35.8 Å². The van der Waals surface area contributed by atoms with E-state index >= 15 is 0 Å². The fourth-order valence-corrected chi connectivity index (χ4v) is 4.35. The Morgan fingerprint density at radius 1 is 1.29 bits per heavy atom. The number of hydrogen-bond donors (Lipinski definition) is 1. The molecule has 1 spiro atoms. The summed E-state index contributed by atoms with van der Waals surface area (Å²) in [6.45, 7) is 3.87. The Hall–Kier alpha value is -1.17. The second kappa shape index (κ2) is 6.98. The third-order valence-electron chi connectivity index (χ3n) is 5.43. The average molecular weight is 355 g/mol. The second-order valence-electron chi connectivity index (χ2n) is 6.83. The van der Waals surface area contributed by atoms with Crippen molar-refractivity contribution >= 4 is 17.5 Å². The SMILES string of the molecule is Cc1ccc(Cl)c(CN2CCCC23CCCN(CCO)C3=O)c1F. The van der Waals surface area contributed by atoms with Gasteiger partial charge in [-0.25, -0.2) is 4.39 Å². The van der Waals surface area contributed by atoms with Crippen molar-refractivity contribution < 1.29 is 14.3 Å². The third-order valence-corrected chi connectivity index (χ3v) is 5.78. The fourth-order valence-electron chi connectivity index (χ4n) is 4.14. The van der Waals surface area contributed by atoms with E-state index in [1.165, 1.54) is 0 Å². The molecule has 3 rings (SSSR count). The molecule has 1 aromatic carbocycles. The zero-order chi connectivity index (χ0) is 17.3. The van der Waals surface area contributed by atoms with Gasteiger partial charge in [0.05, 0.1) is 6.61 Å². The number of β-amino-alcohol motifs (C(OH)–C–C–N with tert-alkyl or cyclic N) is 1. The Kier molecular flexibility index (Phi) is 5.13. The van der Waals surface area contributed by atoms with Crippen LogP contribution >= 0.6 is 11.6 Å². The van der Waals surface area contributed by atoms with Crippen LogP contribution in [0.4, 0.5) is 4.39 Å². The Labute approximate surface area is 147 Å². The second-order valence-corrected chi connectivity index (χ2v) is 7.24. The lowest BCUT2D eigenvalue weighted by molar-refractivity contribution is -0.148. The number of halogens is 2. The molecular formula is C18H24ClFN2O2. The van der Waals surface area contributed by atoms with Gasteiger partial charge in [-0.3, -0.25) is 9.69 Å². The highest BCUT2D eigenvalue weighted by Crippen LogP contribution is 2.40. The minimum absolute atomic E-state index is 0.0276. The van der Waals surface area contributed by atoms with Gasteiger partial charge >= 0.3 is 0 Å². The van der Waals surface area contributed by atoms with Gasteiger partial charge in [-0.05, 0) is 50.8 Å². The number of rotatable bonds is 4. The lowest BCUT2D eigenvalue weighted by atomic mass is 9.85. The summed E-state index contributed by atoms with van der Waals surface area (Å²) in [6.07, 6.45) is 3.41. The Morgan fingerprint density at radius 3 is 2.71 bits per heavy atom. The summed E-state index contributed by atoms with van der Waals surface area (Å²) < 4.78 is 14.5. The zero-order valence-corrected chi connectivity index (χ0v) is 14.8. The van der Waals surface area contributed by atoms with Gasteiger partial charge in [0.15, 0.2) is 0 Å². The predicted molar refractivity (Wildman–Crippen MR) is 91.4 cm³/mol. The van der Waals surface area contributed by atoms with Crippen LogP contribution in [0.1, 0.15) is 36.8 Å². The molecule has 4 nitrogen and oxygen atoms in total. The molecule has 24 heavy (non-hydrogen) atoms. The van der Waals surface area contributed by atoms with E-state index in [0.717, 1.165) is 32.2 Å². The highest BCUT2D eigenvalue weighted by atomic mass is 35.5. The quantitative estimate of drug-likeness (QED) is 0.904. The smallest absolute Gasteiger partial charge is 0.243 e. The molecule has 2 heterocycles. The minimum atomic E-state index is -0.563. The molecule has 6 heteroatoms. The normalized spacial score (nSPS) is 25.0. The van der Waals surface area contributed by atoms with Crippen molar-refractivity contribution in [2.24, 2.45) is 0 Å². The molecule has 1 aromatic rings. The molecular weight excluding hydrogens is 331 g/mol. The van der Waals surface area contributed by atoms with Gasteiger partial charge in [0.2, 0.25) is 5.91 Å². The number of carbonyl (C=O) groups excluding carboxylic acids is 1. The molecule has 0 saturated carbocycles. The van der Waals surface area contributed by atoms with Crippen molar-refractivity contribution in [3.63, 3.8) is 0 Å². The molecule has 2 fully saturated rings. The minimum Gasteiger partial charge on any atom is -0.395 e. The largest absolute Gasteiger partial charge is 0.395 e. The predicted octanol–water partition coefficient (Wildman–Crippen LogP) is 2.74. The van der Waals surface area contributed by atoms with Gasteiger partial charge in [0, 0.05) is 30.2 Å². The molecule has 1 unspecified atom stereocenters. The van der Waals surface area contributed by atoms with Gasteiger partial charge in [0.1, 0.15) is 11.4 Å². The summed E-state index contributed by atoms with van der Waals surface area (Å²) >= 11 is 6.23. The highest BCUT2D eigenvalue weighted by molar-refractivity contribution is 6.31. The summed E-state index contributed by atoms with van der Waals surface area (Å²) in [7, 11) is 0. The summed E-state index contributed by atoms with van der Waals surface area (Å²) in [5, 5.41) is 9.61. The standard InChI is InChI=1S/C18H24ClFN2O2/c1-13-4-5-15(19)14(16(13)20)12-22-9-3-7-18(22)6-2-8-21(10-11-23)17(18)24/h4-5,23H,2-3,6-12H2,1H3. The van der Waals surface area contributed by atoms with E-state index in [2.05, 4.69) is 4.90 Å². The molecule has 132 valence electrons. The topological polar surface area (TPSA) is 43.8 Å². The molecule has 0 aliphatic carbocycles. The highest BCUT2D eigenvalue weighted by Gasteiger charge is 2.50. The molecule has 0 bridgehead atoms. The number of piperidine rings is 1. The van der Waals surface area contributed by atoms with Gasteiger partial charge in [-0.1, -0.05) is 17.7 Å². The summed E-state index contributed by atoms with van der Waals surface area (Å²) in [5.74, 6) is -0.204. The Bertz CT molecular complexity index is 638. The first-order chi connectivity index (χ1) is 11.5. The first-order valence-electron chi connectivity index (χ1n) is 8.58. The van der Waals surface area contributed by atoms with Gasteiger partial charge < -0.3 is 10.0 Å². The van der Waals surface area contributed by atoms with Crippen LogP contribution in [0.15, 0.2) is 12.1 Å². The van der Waals surface area contributed by atoms with Crippen LogP contribution < -0.4 is 0 Å². The van der Waals surface area contributed by atoms with Crippen molar-refractivity contribution in [3.8, 4) is 0 Å². The number of benzene rings is 1. The van der Waals surface area contributed by atoms with Crippen LogP contribution in [0.2, 0.25) is 5.02 Å². The lowest BCUT2D eigenvalue weighted by Crippen LogP contribution is -2.60. The van der Waals surface area contributed by atoms with Crippen LogP contribution in [0.5, 0.6) is 0 Å². The summed E-state index contributed by atoms with van der Waals surface area (Å²) in [6, 6.07) is 3.40. The van der Waals surface area contributed by atoms with Gasteiger partial charge in [-0.15, -0.1) is 0 Å². The Morgan fingerprint density at radius 2 is 2.00 bits per heavy atom. The van der Waals surface area contributed by atoms with Gasteiger partial charge in [-0.2, -0.15) is 0 Å². The first-order valence-corrected chi connectivity index (χ1v) is 8.96. The number of aryl methyl sites for hydroxylation is 1. The van der Waals surface area contributed by atoms with E-state index in [1.54, 1.807) is 24.0 Å². The number of hydrogen-bond acceptors (Lipinski definition) is 3. The monoisotopic (exact) mass is 354 g/mol. The number of amides is 1. The molecule has 2 aliphatic heterocycles. The molecule has 0 aromatic heterocycles. The van der Waals surface area contributed by atoms with E-state index in [9.17, 15) is 14.3 Å². The number of aliphatic hydroxyl groups is 1. The van der Waals surface area contributed by atoms with Crippen molar-refractivity contribution in [2.45, 2.75) is 44.7 Å². The van der Waals surface area contributed by atoms with Crippen molar-refractivity contribution in [1.82, 2.24) is 9.80 Å². The molecule has 1 amide bonds. The van der Waals surface area contributed by atoms with Crippen LogP contribution in [0, 0.1) is 12.7 Å². The van der Waals surface area contributed by atoms with E-state index in [-0.39, 0.29) is 18.3 Å². The Balaban J connectivity index is 1.88. The van der Waals surface area contributed by atoms with Crippen molar-refractivity contribution in [3.05, 3.63) is 34.1 Å². The molecule has 2 aliphatic rings. The van der Waals surface area contributed by atoms with Crippen LogP contribution in [0.25, 0.3) is 0 Å². The maximum atomic E-state index is 14.5. The first kappa shape index (κ1) is 17.6. The third kappa shape index (κ3) is 2.93. The van der Waals surface area contributed by atoms with E-state index in [4.69, 9.17) is 11.6 Å². The van der Waals surface area contributed by atoms with E-state index in [1.807, 2.05) is 0 Å². The number of nitrogens with zero attached hydrogens (tertiary/aromatic N) is 2. The summed E-state index contributed by atoms with van der Waals surface area (Å²) in [5.41, 5.74) is 0.483. The molecule has 1 N–H and O–H groups in total. The molecule has 1 atom stereocenters. The molecule has 0 radical (unpaired) electrons. The maximum Gasteiger partial charge on any atom is 0.243 e. The zero-order valence-electron chi connectivity index (χ0n) is 14.0. The van der Waals surface area contributed by atoms with E-state index < -0.39 is 5.54 Å². The number of likely N-dealkylation sites (tertiary alicyclic amines) is 2. The fraction of sp³-hybridized carbons (Fsp3) is 0.611. The number of aliphatic hydroxyl groups excluding tert-OH is 1. The van der Waals surface area contributed by atoms with Crippen LogP contribution in [-0.2, 0) is 11.3 Å².